The zero-order valence-corrected chi connectivity index (χ0v) is 8.26. The van der Waals surface area contributed by atoms with Gasteiger partial charge in [-0.25, -0.2) is 18.4 Å². The van der Waals surface area contributed by atoms with Crippen LogP contribution < -0.4 is 5.14 Å². The molecule has 1 aromatic heterocycles. The maximum Gasteiger partial charge on any atom is 0.337 e. The number of carboxylic acids is 1. The molecule has 0 saturated heterocycles. The molecule has 78 valence electrons. The molecule has 0 aliphatic carbocycles. The lowest BCUT2D eigenvalue weighted by Crippen LogP contribution is -2.15. The molecule has 1 aromatic rings. The van der Waals surface area contributed by atoms with Crippen LogP contribution in [0.4, 0.5) is 0 Å². The van der Waals surface area contributed by atoms with Crippen molar-refractivity contribution >= 4 is 16.0 Å². The predicted molar refractivity (Wildman–Crippen MR) is 48.5 cm³/mol. The van der Waals surface area contributed by atoms with Gasteiger partial charge in [0.15, 0.2) is 5.03 Å². The molecular formula is C7H10N2O4S. The standard InChI is InChI=1S/C7H10N2O4S/c1-2-4-5(7(10)11)3-9-6(4)14(8,12)13/h3,9H,2H2,1H3,(H,10,11)(H2,8,12,13). The fraction of sp³-hybridized carbons (Fsp3) is 0.286. The van der Waals surface area contributed by atoms with Crippen LogP contribution in [0.3, 0.4) is 0 Å². The summed E-state index contributed by atoms with van der Waals surface area (Å²) >= 11 is 0. The van der Waals surface area contributed by atoms with E-state index in [1.165, 1.54) is 0 Å². The summed E-state index contributed by atoms with van der Waals surface area (Å²) in [5.74, 6) is -1.17. The largest absolute Gasteiger partial charge is 0.478 e. The SMILES string of the molecule is CCc1c(C(=O)O)c[nH]c1S(N)(=O)=O. The highest BCUT2D eigenvalue weighted by molar-refractivity contribution is 7.89. The van der Waals surface area contributed by atoms with Crippen molar-refractivity contribution in [3.05, 3.63) is 17.3 Å². The third kappa shape index (κ3) is 1.78. The first-order chi connectivity index (χ1) is 6.38. The van der Waals surface area contributed by atoms with Crippen LogP contribution in [0.25, 0.3) is 0 Å². The van der Waals surface area contributed by atoms with Gasteiger partial charge in [-0.1, -0.05) is 6.92 Å². The van der Waals surface area contributed by atoms with Gasteiger partial charge in [0.05, 0.1) is 5.56 Å². The first kappa shape index (κ1) is 10.7. The molecule has 14 heavy (non-hydrogen) atoms. The Balaban J connectivity index is 3.43. The highest BCUT2D eigenvalue weighted by Crippen LogP contribution is 2.18. The normalized spacial score (nSPS) is 11.6. The first-order valence-corrected chi connectivity index (χ1v) is 5.39. The van der Waals surface area contributed by atoms with Crippen molar-refractivity contribution in [1.29, 1.82) is 0 Å². The monoisotopic (exact) mass is 218 g/mol. The van der Waals surface area contributed by atoms with Gasteiger partial charge in [-0.15, -0.1) is 0 Å². The zero-order valence-electron chi connectivity index (χ0n) is 7.44. The molecule has 0 aliphatic heterocycles. The Bertz CT molecular complexity index is 460. The van der Waals surface area contributed by atoms with Crippen LogP contribution in [0.5, 0.6) is 0 Å². The smallest absolute Gasteiger partial charge is 0.337 e. The minimum atomic E-state index is -3.88. The van der Waals surface area contributed by atoms with E-state index in [1.54, 1.807) is 6.92 Å². The number of carboxylic acid groups (broad SMARTS) is 1. The molecule has 0 aromatic carbocycles. The number of aromatic nitrogens is 1. The van der Waals surface area contributed by atoms with E-state index in [1.807, 2.05) is 0 Å². The second kappa shape index (κ2) is 3.43. The summed E-state index contributed by atoms with van der Waals surface area (Å²) in [4.78, 5) is 13.0. The van der Waals surface area contributed by atoms with Crippen LogP contribution in [-0.2, 0) is 16.4 Å². The summed E-state index contributed by atoms with van der Waals surface area (Å²) in [5, 5.41) is 13.4. The van der Waals surface area contributed by atoms with Crippen molar-refractivity contribution in [2.24, 2.45) is 5.14 Å². The summed E-state index contributed by atoms with van der Waals surface area (Å²) in [6, 6.07) is 0. The second-order valence-electron chi connectivity index (χ2n) is 2.71. The van der Waals surface area contributed by atoms with Crippen LogP contribution in [-0.4, -0.2) is 24.5 Å². The van der Waals surface area contributed by atoms with Crippen LogP contribution in [0.1, 0.15) is 22.8 Å². The van der Waals surface area contributed by atoms with E-state index in [2.05, 4.69) is 4.98 Å². The van der Waals surface area contributed by atoms with Gasteiger partial charge in [-0.3, -0.25) is 0 Å². The Labute approximate surface area is 80.8 Å². The summed E-state index contributed by atoms with van der Waals surface area (Å²) < 4.78 is 22.0. The lowest BCUT2D eigenvalue weighted by atomic mass is 10.1. The molecule has 1 heterocycles. The first-order valence-electron chi connectivity index (χ1n) is 3.84. The number of aromatic amines is 1. The number of rotatable bonds is 3. The summed E-state index contributed by atoms with van der Waals surface area (Å²) in [5.41, 5.74) is 0.150. The number of sulfonamides is 1. The Hall–Kier alpha value is -1.34. The molecular weight excluding hydrogens is 208 g/mol. The van der Waals surface area contributed by atoms with Gasteiger partial charge in [0.1, 0.15) is 0 Å². The molecule has 0 radical (unpaired) electrons. The lowest BCUT2D eigenvalue weighted by Gasteiger charge is -1.99. The summed E-state index contributed by atoms with van der Waals surface area (Å²) in [6.45, 7) is 1.66. The zero-order chi connectivity index (χ0) is 10.9. The minimum Gasteiger partial charge on any atom is -0.478 e. The van der Waals surface area contributed by atoms with E-state index in [0.717, 1.165) is 6.20 Å². The number of carbonyl (C=O) groups is 1. The van der Waals surface area contributed by atoms with Gasteiger partial charge in [0.25, 0.3) is 10.0 Å². The highest BCUT2D eigenvalue weighted by Gasteiger charge is 2.21. The van der Waals surface area contributed by atoms with Crippen LogP contribution in [0.15, 0.2) is 11.2 Å². The molecule has 0 spiro atoms. The van der Waals surface area contributed by atoms with E-state index >= 15 is 0 Å². The lowest BCUT2D eigenvalue weighted by molar-refractivity contribution is 0.0696. The third-order valence-corrected chi connectivity index (χ3v) is 2.75. The highest BCUT2D eigenvalue weighted by atomic mass is 32.2. The predicted octanol–water partition coefficient (Wildman–Crippen LogP) is -0.0773. The molecule has 0 aliphatic rings. The molecule has 0 saturated carbocycles. The number of aromatic carboxylic acids is 1. The molecule has 7 heteroatoms. The molecule has 0 bridgehead atoms. The molecule has 0 unspecified atom stereocenters. The van der Waals surface area contributed by atoms with Crippen molar-refractivity contribution in [3.8, 4) is 0 Å². The number of nitrogens with two attached hydrogens (primary N) is 1. The maximum absolute atomic E-state index is 11.0. The number of primary sulfonamides is 1. The van der Waals surface area contributed by atoms with Crippen molar-refractivity contribution in [1.82, 2.24) is 4.98 Å². The molecule has 0 fully saturated rings. The second-order valence-corrected chi connectivity index (χ2v) is 4.21. The Kier molecular flexibility index (Phi) is 2.63. The molecule has 4 N–H and O–H groups in total. The van der Waals surface area contributed by atoms with Crippen LogP contribution >= 0.6 is 0 Å². The van der Waals surface area contributed by atoms with Crippen molar-refractivity contribution in [2.45, 2.75) is 18.4 Å². The number of H-pyrrole nitrogens is 1. The fourth-order valence-corrected chi connectivity index (χ4v) is 2.05. The Morgan fingerprint density at radius 1 is 1.64 bits per heavy atom. The fourth-order valence-electron chi connectivity index (χ4n) is 1.23. The van der Waals surface area contributed by atoms with Crippen LogP contribution in [0.2, 0.25) is 0 Å². The molecule has 1 rings (SSSR count). The topological polar surface area (TPSA) is 113 Å². The molecule has 6 nitrogen and oxygen atoms in total. The third-order valence-electron chi connectivity index (χ3n) is 1.82. The van der Waals surface area contributed by atoms with E-state index in [4.69, 9.17) is 10.2 Å². The summed E-state index contributed by atoms with van der Waals surface area (Å²) in [6.07, 6.45) is 1.41. The van der Waals surface area contributed by atoms with Crippen LogP contribution in [0, 0.1) is 0 Å². The van der Waals surface area contributed by atoms with E-state index < -0.39 is 16.0 Å². The average molecular weight is 218 g/mol. The summed E-state index contributed by atoms with van der Waals surface area (Å²) in [7, 11) is -3.88. The number of hydrogen-bond acceptors (Lipinski definition) is 3. The minimum absolute atomic E-state index is 0.0588. The quantitative estimate of drug-likeness (QED) is 0.658. The number of nitrogens with one attached hydrogen (secondary N) is 1. The van der Waals surface area contributed by atoms with Crippen molar-refractivity contribution in [3.63, 3.8) is 0 Å². The maximum atomic E-state index is 11.0. The van der Waals surface area contributed by atoms with Crippen molar-refractivity contribution in [2.75, 3.05) is 0 Å². The van der Waals surface area contributed by atoms with Gasteiger partial charge in [0.2, 0.25) is 0 Å². The number of hydrogen-bond donors (Lipinski definition) is 3. The van der Waals surface area contributed by atoms with Gasteiger partial charge < -0.3 is 10.1 Å². The van der Waals surface area contributed by atoms with E-state index in [-0.39, 0.29) is 22.6 Å². The molecule has 0 amide bonds. The Morgan fingerprint density at radius 3 is 2.57 bits per heavy atom. The van der Waals surface area contributed by atoms with E-state index in [9.17, 15) is 13.2 Å². The molecule has 0 atom stereocenters. The van der Waals surface area contributed by atoms with Gasteiger partial charge >= 0.3 is 5.97 Å². The average Bonchev–Trinajstić information content (AvgIpc) is 2.45. The van der Waals surface area contributed by atoms with E-state index in [0.29, 0.717) is 0 Å². The van der Waals surface area contributed by atoms with Crippen molar-refractivity contribution < 1.29 is 18.3 Å². The van der Waals surface area contributed by atoms with Gasteiger partial charge in [-0.2, -0.15) is 0 Å². The van der Waals surface area contributed by atoms with Gasteiger partial charge in [0, 0.05) is 11.8 Å². The Morgan fingerprint density at radius 2 is 2.21 bits per heavy atom. The van der Waals surface area contributed by atoms with Gasteiger partial charge in [-0.05, 0) is 6.42 Å².